The average molecular weight is 439 g/mol. The number of hydrogen-bond donors (Lipinski definition) is 2. The number of halogens is 1. The summed E-state index contributed by atoms with van der Waals surface area (Å²) < 4.78 is 4.61. The van der Waals surface area contributed by atoms with E-state index in [1.807, 2.05) is 18.3 Å². The highest BCUT2D eigenvalue weighted by atomic mass is 127. The summed E-state index contributed by atoms with van der Waals surface area (Å²) >= 11 is 1.82. The van der Waals surface area contributed by atoms with Gasteiger partial charge in [-0.1, -0.05) is 0 Å². The van der Waals surface area contributed by atoms with E-state index in [-0.39, 0.29) is 36.0 Å². The first-order valence-electron chi connectivity index (χ1n) is 7.22. The number of aliphatic imine (C=N–C) groups is 1. The van der Waals surface area contributed by atoms with Gasteiger partial charge in [0.15, 0.2) is 5.96 Å². The third-order valence-corrected chi connectivity index (χ3v) is 3.87. The standard InChI is InChI=1S/C15H25N3O2S.HI/c1-5-16-15(17-9-8-14(19)20-4)18-11(2)10-13-7-6-12(3)21-13;/h6-7,11H,5,8-10H2,1-4H3,(H2,16,17,18);1H. The predicted molar refractivity (Wildman–Crippen MR) is 103 cm³/mol. The Morgan fingerprint density at radius 3 is 2.73 bits per heavy atom. The Kier molecular flexibility index (Phi) is 11.3. The topological polar surface area (TPSA) is 62.7 Å². The molecule has 5 nitrogen and oxygen atoms in total. The molecular formula is C15H26IN3O2S. The molecule has 1 aromatic rings. The number of nitrogens with one attached hydrogen (secondary N) is 2. The molecule has 7 heteroatoms. The zero-order valence-electron chi connectivity index (χ0n) is 13.6. The second-order valence-electron chi connectivity index (χ2n) is 4.85. The van der Waals surface area contributed by atoms with Gasteiger partial charge in [0.2, 0.25) is 0 Å². The van der Waals surface area contributed by atoms with Crippen molar-refractivity contribution in [2.24, 2.45) is 4.99 Å². The smallest absolute Gasteiger partial charge is 0.307 e. The van der Waals surface area contributed by atoms with Crippen LogP contribution >= 0.6 is 35.3 Å². The lowest BCUT2D eigenvalue weighted by molar-refractivity contribution is -0.140. The Morgan fingerprint density at radius 1 is 1.45 bits per heavy atom. The number of carbonyl (C=O) groups is 1. The highest BCUT2D eigenvalue weighted by Crippen LogP contribution is 2.16. The molecule has 0 radical (unpaired) electrons. The largest absolute Gasteiger partial charge is 0.469 e. The molecule has 0 aromatic carbocycles. The summed E-state index contributed by atoms with van der Waals surface area (Å²) in [5.41, 5.74) is 0. The molecule has 0 aliphatic carbocycles. The lowest BCUT2D eigenvalue weighted by Crippen LogP contribution is -2.43. The zero-order chi connectivity index (χ0) is 15.7. The Morgan fingerprint density at radius 2 is 2.18 bits per heavy atom. The Hall–Kier alpha value is -0.830. The molecule has 0 aliphatic heterocycles. The molecule has 1 aromatic heterocycles. The van der Waals surface area contributed by atoms with Crippen LogP contribution in [-0.2, 0) is 16.0 Å². The van der Waals surface area contributed by atoms with Gasteiger partial charge in [0, 0.05) is 28.8 Å². The number of hydrogen-bond acceptors (Lipinski definition) is 4. The van der Waals surface area contributed by atoms with Crippen LogP contribution in [-0.4, -0.2) is 38.2 Å². The van der Waals surface area contributed by atoms with Crippen molar-refractivity contribution >= 4 is 47.2 Å². The Balaban J connectivity index is 0.00000441. The van der Waals surface area contributed by atoms with E-state index in [1.54, 1.807) is 0 Å². The molecule has 1 heterocycles. The van der Waals surface area contributed by atoms with Crippen molar-refractivity contribution < 1.29 is 9.53 Å². The SMILES string of the molecule is CCNC(=NCCC(=O)OC)NC(C)Cc1ccc(C)s1.I. The van der Waals surface area contributed by atoms with Crippen LogP contribution < -0.4 is 10.6 Å². The quantitative estimate of drug-likeness (QED) is 0.297. The highest BCUT2D eigenvalue weighted by molar-refractivity contribution is 14.0. The Bertz CT molecular complexity index is 477. The minimum Gasteiger partial charge on any atom is -0.469 e. The molecule has 0 saturated heterocycles. The lowest BCUT2D eigenvalue weighted by Gasteiger charge is -2.17. The second kappa shape index (κ2) is 11.7. The summed E-state index contributed by atoms with van der Waals surface area (Å²) in [7, 11) is 1.39. The fourth-order valence-corrected chi connectivity index (χ4v) is 2.88. The van der Waals surface area contributed by atoms with Crippen LogP contribution in [0.4, 0.5) is 0 Å². The van der Waals surface area contributed by atoms with Gasteiger partial charge in [0.25, 0.3) is 0 Å². The van der Waals surface area contributed by atoms with E-state index in [9.17, 15) is 4.79 Å². The number of carbonyl (C=O) groups excluding carboxylic acids is 1. The van der Waals surface area contributed by atoms with Crippen molar-refractivity contribution in [3.8, 4) is 0 Å². The van der Waals surface area contributed by atoms with Crippen molar-refractivity contribution in [2.45, 2.75) is 39.7 Å². The monoisotopic (exact) mass is 439 g/mol. The number of aryl methyl sites for hydroxylation is 1. The summed E-state index contributed by atoms with van der Waals surface area (Å²) in [6.07, 6.45) is 1.26. The number of rotatable bonds is 7. The maximum absolute atomic E-state index is 11.1. The number of ether oxygens (including phenoxy) is 1. The first kappa shape index (κ1) is 21.2. The van der Waals surface area contributed by atoms with Gasteiger partial charge in [-0.3, -0.25) is 9.79 Å². The molecule has 1 unspecified atom stereocenters. The summed E-state index contributed by atoms with van der Waals surface area (Å²) in [5.74, 6) is 0.499. The van der Waals surface area contributed by atoms with E-state index in [2.05, 4.69) is 46.3 Å². The van der Waals surface area contributed by atoms with Crippen molar-refractivity contribution in [1.82, 2.24) is 10.6 Å². The van der Waals surface area contributed by atoms with Gasteiger partial charge in [-0.2, -0.15) is 0 Å². The molecule has 0 fully saturated rings. The van der Waals surface area contributed by atoms with Crippen molar-refractivity contribution in [2.75, 3.05) is 20.2 Å². The molecule has 0 bridgehead atoms. The van der Waals surface area contributed by atoms with Crippen LogP contribution in [0.25, 0.3) is 0 Å². The van der Waals surface area contributed by atoms with Crippen molar-refractivity contribution in [3.63, 3.8) is 0 Å². The first-order chi connectivity index (χ1) is 10.0. The van der Waals surface area contributed by atoms with Gasteiger partial charge < -0.3 is 15.4 Å². The molecule has 2 N–H and O–H groups in total. The molecule has 22 heavy (non-hydrogen) atoms. The molecule has 1 rings (SSSR count). The molecule has 0 saturated carbocycles. The third-order valence-electron chi connectivity index (χ3n) is 2.84. The third kappa shape index (κ3) is 8.57. The maximum Gasteiger partial charge on any atom is 0.307 e. The van der Waals surface area contributed by atoms with Gasteiger partial charge in [-0.15, -0.1) is 35.3 Å². The molecule has 0 spiro atoms. The van der Waals surface area contributed by atoms with Gasteiger partial charge >= 0.3 is 5.97 Å². The summed E-state index contributed by atoms with van der Waals surface area (Å²) in [5, 5.41) is 6.55. The average Bonchev–Trinajstić information content (AvgIpc) is 2.83. The van der Waals surface area contributed by atoms with Crippen LogP contribution in [0.2, 0.25) is 0 Å². The zero-order valence-corrected chi connectivity index (χ0v) is 16.8. The maximum atomic E-state index is 11.1. The predicted octanol–water partition coefficient (Wildman–Crippen LogP) is 2.72. The number of guanidine groups is 1. The van der Waals surface area contributed by atoms with E-state index in [1.165, 1.54) is 16.9 Å². The minimum atomic E-state index is -0.239. The van der Waals surface area contributed by atoms with Crippen LogP contribution in [0, 0.1) is 6.92 Å². The Labute approximate surface area is 154 Å². The fourth-order valence-electron chi connectivity index (χ4n) is 1.86. The van der Waals surface area contributed by atoms with Gasteiger partial charge in [0.1, 0.15) is 0 Å². The number of esters is 1. The van der Waals surface area contributed by atoms with Crippen LogP contribution in [0.1, 0.15) is 30.0 Å². The number of nitrogens with zero attached hydrogens (tertiary/aromatic N) is 1. The van der Waals surface area contributed by atoms with Crippen LogP contribution in [0.15, 0.2) is 17.1 Å². The first-order valence-corrected chi connectivity index (χ1v) is 8.03. The van der Waals surface area contributed by atoms with Gasteiger partial charge in [-0.25, -0.2) is 0 Å². The molecule has 126 valence electrons. The highest BCUT2D eigenvalue weighted by Gasteiger charge is 2.08. The summed E-state index contributed by atoms with van der Waals surface area (Å²) in [6, 6.07) is 4.58. The van der Waals surface area contributed by atoms with E-state index in [0.717, 1.165) is 18.9 Å². The van der Waals surface area contributed by atoms with E-state index in [0.29, 0.717) is 13.0 Å². The second-order valence-corrected chi connectivity index (χ2v) is 6.22. The normalized spacial score (nSPS) is 12.3. The summed E-state index contributed by atoms with van der Waals surface area (Å²) in [4.78, 5) is 18.2. The van der Waals surface area contributed by atoms with E-state index < -0.39 is 0 Å². The summed E-state index contributed by atoms with van der Waals surface area (Å²) in [6.45, 7) is 7.47. The van der Waals surface area contributed by atoms with Gasteiger partial charge in [0.05, 0.1) is 20.1 Å². The molecular weight excluding hydrogens is 413 g/mol. The number of thiophene rings is 1. The van der Waals surface area contributed by atoms with Crippen molar-refractivity contribution in [3.05, 3.63) is 21.9 Å². The fraction of sp³-hybridized carbons (Fsp3) is 0.600. The van der Waals surface area contributed by atoms with Crippen LogP contribution in [0.5, 0.6) is 0 Å². The lowest BCUT2D eigenvalue weighted by atomic mass is 10.2. The van der Waals surface area contributed by atoms with Crippen molar-refractivity contribution in [1.29, 1.82) is 0 Å². The van der Waals surface area contributed by atoms with E-state index >= 15 is 0 Å². The van der Waals surface area contributed by atoms with E-state index in [4.69, 9.17) is 0 Å². The number of methoxy groups -OCH3 is 1. The van der Waals surface area contributed by atoms with Crippen LogP contribution in [0.3, 0.4) is 0 Å². The minimum absolute atomic E-state index is 0. The van der Waals surface area contributed by atoms with Gasteiger partial charge in [-0.05, 0) is 32.9 Å². The molecule has 1 atom stereocenters. The molecule has 0 amide bonds. The molecule has 0 aliphatic rings.